The van der Waals surface area contributed by atoms with Crippen molar-refractivity contribution in [1.82, 2.24) is 0 Å². The van der Waals surface area contributed by atoms with E-state index in [1.165, 1.54) is 12.2 Å². The first-order chi connectivity index (χ1) is 14.3. The molecule has 2 unspecified atom stereocenters. The summed E-state index contributed by atoms with van der Waals surface area (Å²) < 4.78 is 6.19. The van der Waals surface area contributed by atoms with E-state index in [0.717, 1.165) is 33.5 Å². The SMILES string of the molecule is CB(C(=O)O)C1(C)C2=C3C=C4C=CC(=O)C=C4OC3CCN2c2cc3c(=O)c3cc21. The third-order valence-corrected chi connectivity index (χ3v) is 7.21. The smallest absolute Gasteiger partial charge is 0.291 e. The number of nitrogens with zero attached hydrogens (tertiary/aromatic N) is 1. The summed E-state index contributed by atoms with van der Waals surface area (Å²) in [5.41, 5.74) is 4.56. The van der Waals surface area contributed by atoms with Crippen LogP contribution in [-0.4, -0.2) is 36.1 Å². The quantitative estimate of drug-likeness (QED) is 0.782. The van der Waals surface area contributed by atoms with Crippen molar-refractivity contribution in [3.63, 3.8) is 0 Å². The van der Waals surface area contributed by atoms with E-state index in [-0.39, 0.29) is 17.3 Å². The van der Waals surface area contributed by atoms with Gasteiger partial charge in [0.1, 0.15) is 11.9 Å². The molecule has 7 heteroatoms. The number of fused-ring (bicyclic) bond motifs is 6. The number of hydrogen-bond acceptors (Lipinski definition) is 5. The van der Waals surface area contributed by atoms with Crippen molar-refractivity contribution in [2.24, 2.45) is 0 Å². The topological polar surface area (TPSA) is 83.9 Å². The molecule has 0 saturated heterocycles. The van der Waals surface area contributed by atoms with E-state index < -0.39 is 17.9 Å². The van der Waals surface area contributed by atoms with Crippen LogP contribution in [0.4, 0.5) is 10.5 Å². The van der Waals surface area contributed by atoms with Crippen LogP contribution in [-0.2, 0) is 14.8 Å². The van der Waals surface area contributed by atoms with Crippen molar-refractivity contribution in [1.29, 1.82) is 0 Å². The molecular weight excluding hydrogens is 381 g/mol. The number of rotatable bonds is 2. The average Bonchev–Trinajstić information content (AvgIpc) is 3.29. The molecule has 0 bridgehead atoms. The maximum atomic E-state index is 12.1. The monoisotopic (exact) mass is 399 g/mol. The van der Waals surface area contributed by atoms with Gasteiger partial charge in [-0.15, -0.1) is 0 Å². The highest BCUT2D eigenvalue weighted by Gasteiger charge is 2.55. The molecule has 6 nitrogen and oxygen atoms in total. The molecule has 30 heavy (non-hydrogen) atoms. The summed E-state index contributed by atoms with van der Waals surface area (Å²) in [5.74, 6) is -0.407. The molecule has 3 aliphatic heterocycles. The molecule has 0 saturated carbocycles. The Balaban J connectivity index is 1.64. The van der Waals surface area contributed by atoms with Gasteiger partial charge >= 0.3 is 0 Å². The second-order valence-electron chi connectivity index (χ2n) is 8.70. The van der Waals surface area contributed by atoms with Gasteiger partial charge in [-0.25, -0.2) is 0 Å². The summed E-state index contributed by atoms with van der Waals surface area (Å²) in [5, 5.41) is 10.6. The van der Waals surface area contributed by atoms with Gasteiger partial charge in [0, 0.05) is 57.7 Å². The lowest BCUT2D eigenvalue weighted by atomic mass is 9.32. The van der Waals surface area contributed by atoms with Gasteiger partial charge in [0.25, 0.3) is 12.6 Å². The van der Waals surface area contributed by atoms with E-state index in [0.29, 0.717) is 24.1 Å². The maximum absolute atomic E-state index is 12.1. The van der Waals surface area contributed by atoms with Crippen LogP contribution in [0.3, 0.4) is 0 Å². The highest BCUT2D eigenvalue weighted by atomic mass is 16.5. The van der Waals surface area contributed by atoms with E-state index in [4.69, 9.17) is 4.74 Å². The Hall–Kier alpha value is -3.35. The Morgan fingerprint density at radius 1 is 1.23 bits per heavy atom. The fourth-order valence-corrected chi connectivity index (χ4v) is 5.35. The molecule has 6 rings (SSSR count). The number of anilines is 1. The number of hydrogen-bond donors (Lipinski definition) is 1. The third kappa shape index (κ3) is 2.02. The second-order valence-corrected chi connectivity index (χ2v) is 8.70. The van der Waals surface area contributed by atoms with Gasteiger partial charge in [0.15, 0.2) is 11.2 Å². The number of allylic oxidation sites excluding steroid dienone is 4. The van der Waals surface area contributed by atoms with Crippen LogP contribution in [0.25, 0.3) is 10.8 Å². The van der Waals surface area contributed by atoms with Crippen molar-refractivity contribution in [2.45, 2.75) is 31.6 Å². The van der Waals surface area contributed by atoms with Crippen LogP contribution in [0.1, 0.15) is 18.9 Å². The lowest BCUT2D eigenvalue weighted by Gasteiger charge is -2.41. The molecule has 0 spiro atoms. The minimum absolute atomic E-state index is 0.0497. The summed E-state index contributed by atoms with van der Waals surface area (Å²) in [7, 11) is 0. The first kappa shape index (κ1) is 17.5. The van der Waals surface area contributed by atoms with Gasteiger partial charge in [-0.2, -0.15) is 0 Å². The zero-order chi connectivity index (χ0) is 20.9. The van der Waals surface area contributed by atoms with Crippen LogP contribution in [0, 0.1) is 0 Å². The summed E-state index contributed by atoms with van der Waals surface area (Å²) in [4.78, 5) is 38.1. The molecule has 4 aliphatic rings. The third-order valence-electron chi connectivity index (χ3n) is 7.21. The number of benzene rings is 1. The van der Waals surface area contributed by atoms with Crippen molar-refractivity contribution in [3.05, 3.63) is 74.8 Å². The Labute approximate surface area is 172 Å². The summed E-state index contributed by atoms with van der Waals surface area (Å²) in [6, 6.07) is 3.80. The van der Waals surface area contributed by atoms with Gasteiger partial charge in [0.2, 0.25) is 0 Å². The molecule has 0 amide bonds. The summed E-state index contributed by atoms with van der Waals surface area (Å²) in [6.07, 6.45) is 7.27. The van der Waals surface area contributed by atoms with Gasteiger partial charge in [-0.3, -0.25) is 14.4 Å². The Bertz CT molecular complexity index is 1340. The first-order valence-corrected chi connectivity index (χ1v) is 10.1. The highest BCUT2D eigenvalue weighted by molar-refractivity contribution is 6.90. The number of carboxylic acid groups (broad SMARTS) is 1. The molecular formula is C23H18BNO5. The standard InChI is InChI=1S/C23H18BNO5/c1-23(24(2)22(28)29)16-9-13-14(20(13)27)10-17(16)25-6-5-18-15(21(23)25)7-11-3-4-12(26)8-19(11)30-18/h3-4,7-10,18H,5-6H2,1-2H3,(H,28,29). The van der Waals surface area contributed by atoms with E-state index in [1.54, 1.807) is 12.9 Å². The molecule has 0 radical (unpaired) electrons. The van der Waals surface area contributed by atoms with Crippen molar-refractivity contribution in [3.8, 4) is 0 Å². The number of carbonyl (C=O) groups excluding carboxylic acids is 1. The number of ether oxygens (including phenoxy) is 1. The fraction of sp³-hybridized carbons (Fsp3) is 0.261. The van der Waals surface area contributed by atoms with Crippen molar-refractivity contribution in [2.75, 3.05) is 11.4 Å². The average molecular weight is 399 g/mol. The van der Waals surface area contributed by atoms with Crippen LogP contribution in [0.2, 0.25) is 6.82 Å². The minimum atomic E-state index is -0.884. The maximum Gasteiger partial charge on any atom is 0.291 e. The second kappa shape index (κ2) is 5.42. The zero-order valence-corrected chi connectivity index (χ0v) is 16.6. The van der Waals surface area contributed by atoms with Crippen LogP contribution in [0.15, 0.2) is 63.8 Å². The molecule has 2 aromatic rings. The highest BCUT2D eigenvalue weighted by Crippen LogP contribution is 2.55. The van der Waals surface area contributed by atoms with Crippen LogP contribution in [0.5, 0.6) is 0 Å². The first-order valence-electron chi connectivity index (χ1n) is 10.1. The molecule has 1 N–H and O–H groups in total. The molecule has 3 heterocycles. The van der Waals surface area contributed by atoms with Crippen LogP contribution < -0.4 is 10.3 Å². The Morgan fingerprint density at radius 2 is 2.00 bits per heavy atom. The molecule has 2 aromatic carbocycles. The molecule has 2 atom stereocenters. The van der Waals surface area contributed by atoms with Gasteiger partial charge in [-0.1, -0.05) is 13.7 Å². The van der Waals surface area contributed by atoms with E-state index in [9.17, 15) is 19.5 Å². The van der Waals surface area contributed by atoms with Gasteiger partial charge < -0.3 is 14.7 Å². The van der Waals surface area contributed by atoms with E-state index in [1.807, 2.05) is 25.1 Å². The van der Waals surface area contributed by atoms with E-state index in [2.05, 4.69) is 4.90 Å². The van der Waals surface area contributed by atoms with Gasteiger partial charge in [-0.05, 0) is 35.9 Å². The van der Waals surface area contributed by atoms with Gasteiger partial charge in [0.05, 0.1) is 0 Å². The fourth-order valence-electron chi connectivity index (χ4n) is 5.35. The van der Waals surface area contributed by atoms with Crippen molar-refractivity contribution < 1.29 is 19.4 Å². The molecule has 1 aliphatic carbocycles. The normalized spacial score (nSPS) is 26.7. The lowest BCUT2D eigenvalue weighted by Crippen LogP contribution is -2.49. The molecule has 148 valence electrons. The molecule has 0 fully saturated rings. The Morgan fingerprint density at radius 3 is 2.77 bits per heavy atom. The zero-order valence-electron chi connectivity index (χ0n) is 16.6. The summed E-state index contributed by atoms with van der Waals surface area (Å²) in [6.45, 7) is 3.64. The molecule has 0 aromatic heterocycles. The predicted molar refractivity (Wildman–Crippen MR) is 114 cm³/mol. The number of carbonyl (C=O) groups is 2. The summed E-state index contributed by atoms with van der Waals surface area (Å²) >= 11 is 0. The van der Waals surface area contributed by atoms with E-state index >= 15 is 0 Å². The van der Waals surface area contributed by atoms with Crippen LogP contribution >= 0.6 is 0 Å². The largest absolute Gasteiger partial charge is 0.489 e. The Kier molecular flexibility index (Phi) is 3.16. The minimum Gasteiger partial charge on any atom is -0.489 e. The van der Waals surface area contributed by atoms with Crippen molar-refractivity contribution >= 4 is 34.8 Å². The lowest BCUT2D eigenvalue weighted by molar-refractivity contribution is -0.110. The predicted octanol–water partition coefficient (Wildman–Crippen LogP) is 3.08. The number of ketones is 1.